The van der Waals surface area contributed by atoms with Crippen LogP contribution in [0.15, 0.2) is 29.1 Å². The Morgan fingerprint density at radius 1 is 1.11 bits per heavy atom. The topological polar surface area (TPSA) is 25.2 Å². The van der Waals surface area contributed by atoms with Gasteiger partial charge in [-0.1, -0.05) is 44.9 Å². The number of hydrogen-bond donors (Lipinski definition) is 0. The molecule has 0 bridgehead atoms. The van der Waals surface area contributed by atoms with E-state index in [1.54, 1.807) is 0 Å². The Balaban J connectivity index is 1.97. The molecule has 1 unspecified atom stereocenters. The second kappa shape index (κ2) is 7.71. The van der Waals surface area contributed by atoms with Crippen molar-refractivity contribution in [3.8, 4) is 0 Å². The summed E-state index contributed by atoms with van der Waals surface area (Å²) < 4.78 is 41.0. The van der Waals surface area contributed by atoms with E-state index in [1.165, 1.54) is 23.1 Å². The van der Waals surface area contributed by atoms with Gasteiger partial charge < -0.3 is 4.57 Å². The highest BCUT2D eigenvalue weighted by Crippen LogP contribution is 2.34. The van der Waals surface area contributed by atoms with Crippen LogP contribution in [0.5, 0.6) is 0 Å². The minimum atomic E-state index is -4.47. The van der Waals surface area contributed by atoms with Gasteiger partial charge in [-0.15, -0.1) is 0 Å². The number of alkyl halides is 3. The minimum absolute atomic E-state index is 0.108. The first kappa shape index (κ1) is 21.2. The number of nitrogens with zero attached hydrogens (tertiary/aromatic N) is 2. The number of likely N-dealkylation sites (tertiary alicyclic amines) is 1. The van der Waals surface area contributed by atoms with E-state index in [2.05, 4.69) is 25.7 Å². The summed E-state index contributed by atoms with van der Waals surface area (Å²) >= 11 is 6.13. The van der Waals surface area contributed by atoms with Crippen LogP contribution in [-0.2, 0) is 12.7 Å². The Hall–Kier alpha value is -1.53. The van der Waals surface area contributed by atoms with Crippen LogP contribution in [0.1, 0.15) is 45.6 Å². The molecule has 1 aliphatic heterocycles. The highest BCUT2D eigenvalue weighted by molar-refractivity contribution is 6.35. The lowest BCUT2D eigenvalue weighted by Crippen LogP contribution is -2.48. The molecule has 1 aromatic carbocycles. The van der Waals surface area contributed by atoms with Crippen LogP contribution in [0.2, 0.25) is 5.02 Å². The van der Waals surface area contributed by atoms with Gasteiger partial charge in [0.15, 0.2) is 0 Å². The lowest BCUT2D eigenvalue weighted by molar-refractivity contribution is -0.137. The fourth-order valence-electron chi connectivity index (χ4n) is 4.21. The average Bonchev–Trinajstić information content (AvgIpc) is 2.59. The molecule has 3 rings (SSSR count). The van der Waals surface area contributed by atoms with Crippen LogP contribution in [0, 0.1) is 5.41 Å². The molecule has 0 radical (unpaired) electrons. The van der Waals surface area contributed by atoms with E-state index in [0.717, 1.165) is 31.5 Å². The van der Waals surface area contributed by atoms with Gasteiger partial charge in [-0.2, -0.15) is 13.2 Å². The Morgan fingerprint density at radius 3 is 2.46 bits per heavy atom. The number of benzene rings is 1. The molecule has 1 aliphatic rings. The zero-order valence-electron chi connectivity index (χ0n) is 16.4. The predicted molar refractivity (Wildman–Crippen MR) is 107 cm³/mol. The van der Waals surface area contributed by atoms with Crippen LogP contribution in [0.25, 0.3) is 10.9 Å². The summed E-state index contributed by atoms with van der Waals surface area (Å²) in [6.07, 6.45) is -1.10. The summed E-state index contributed by atoms with van der Waals surface area (Å²) in [7, 11) is 0. The van der Waals surface area contributed by atoms with E-state index in [-0.39, 0.29) is 21.5 Å². The van der Waals surface area contributed by atoms with Crippen molar-refractivity contribution in [2.45, 2.75) is 58.8 Å². The fourth-order valence-corrected chi connectivity index (χ4v) is 4.47. The molecular formula is C21H26ClF3N2O. The quantitative estimate of drug-likeness (QED) is 0.655. The maximum Gasteiger partial charge on any atom is 0.416 e. The number of hydrogen-bond acceptors (Lipinski definition) is 2. The molecule has 0 spiro atoms. The second-order valence-corrected chi connectivity index (χ2v) is 9.03. The molecule has 0 N–H and O–H groups in total. The maximum atomic E-state index is 13.2. The van der Waals surface area contributed by atoms with Gasteiger partial charge in [0.25, 0.3) is 5.56 Å². The molecular weight excluding hydrogens is 389 g/mol. The van der Waals surface area contributed by atoms with Crippen LogP contribution >= 0.6 is 11.6 Å². The summed E-state index contributed by atoms with van der Waals surface area (Å²) in [5.74, 6) is 0. The Kier molecular flexibility index (Phi) is 5.84. The number of aromatic nitrogens is 1. The van der Waals surface area contributed by atoms with Crippen LogP contribution in [0.3, 0.4) is 0 Å². The standard InChI is InChI=1S/C21H26ClF3N2O/c1-20(2,3)18-6-4-5-9-26(18)10-11-27-17-12-14(21(23,24)25)7-8-15(17)16(22)13-19(27)28/h7-8,12-13,18H,4-6,9-11H2,1-3H3. The smallest absolute Gasteiger partial charge is 0.307 e. The van der Waals surface area contributed by atoms with E-state index in [1.807, 2.05) is 0 Å². The first-order valence-electron chi connectivity index (χ1n) is 9.63. The molecule has 1 saturated heterocycles. The lowest BCUT2D eigenvalue weighted by Gasteiger charge is -2.43. The first-order chi connectivity index (χ1) is 13.0. The van der Waals surface area contributed by atoms with Crippen molar-refractivity contribution in [3.05, 3.63) is 45.2 Å². The summed E-state index contributed by atoms with van der Waals surface area (Å²) in [4.78, 5) is 14.9. The highest BCUT2D eigenvalue weighted by Gasteiger charge is 2.33. The van der Waals surface area contributed by atoms with E-state index in [9.17, 15) is 18.0 Å². The van der Waals surface area contributed by atoms with Crippen molar-refractivity contribution in [1.29, 1.82) is 0 Å². The third-order valence-electron chi connectivity index (χ3n) is 5.61. The van der Waals surface area contributed by atoms with Gasteiger partial charge in [-0.3, -0.25) is 9.69 Å². The van der Waals surface area contributed by atoms with Crippen LogP contribution < -0.4 is 5.56 Å². The third-order valence-corrected chi connectivity index (χ3v) is 5.93. The average molecular weight is 415 g/mol. The van der Waals surface area contributed by atoms with Gasteiger partial charge in [-0.25, -0.2) is 0 Å². The molecule has 28 heavy (non-hydrogen) atoms. The molecule has 2 heterocycles. The first-order valence-corrected chi connectivity index (χ1v) is 10.0. The van der Waals surface area contributed by atoms with E-state index < -0.39 is 11.7 Å². The van der Waals surface area contributed by atoms with Crippen molar-refractivity contribution < 1.29 is 13.2 Å². The van der Waals surface area contributed by atoms with Crippen molar-refractivity contribution in [1.82, 2.24) is 9.47 Å². The molecule has 2 aromatic rings. The molecule has 154 valence electrons. The molecule has 1 atom stereocenters. The molecule has 3 nitrogen and oxygen atoms in total. The lowest BCUT2D eigenvalue weighted by atomic mass is 9.80. The van der Waals surface area contributed by atoms with Crippen LogP contribution in [-0.4, -0.2) is 28.6 Å². The Morgan fingerprint density at radius 2 is 1.82 bits per heavy atom. The van der Waals surface area contributed by atoms with E-state index >= 15 is 0 Å². The largest absolute Gasteiger partial charge is 0.416 e. The van der Waals surface area contributed by atoms with Gasteiger partial charge in [0.05, 0.1) is 16.1 Å². The Labute approximate surface area is 168 Å². The predicted octanol–water partition coefficient (Wildman–Crippen LogP) is 5.57. The summed E-state index contributed by atoms with van der Waals surface area (Å²) in [5.41, 5.74) is -0.810. The monoisotopic (exact) mass is 414 g/mol. The van der Waals surface area contributed by atoms with E-state index in [4.69, 9.17) is 11.6 Å². The minimum Gasteiger partial charge on any atom is -0.307 e. The molecule has 0 amide bonds. The molecule has 0 aliphatic carbocycles. The van der Waals surface area contributed by atoms with E-state index in [0.29, 0.717) is 24.5 Å². The van der Waals surface area contributed by atoms with Crippen LogP contribution in [0.4, 0.5) is 13.2 Å². The summed E-state index contributed by atoms with van der Waals surface area (Å²) in [6.45, 7) is 8.51. The van der Waals surface area contributed by atoms with Crippen molar-refractivity contribution in [2.24, 2.45) is 5.41 Å². The van der Waals surface area contributed by atoms with Crippen molar-refractivity contribution in [3.63, 3.8) is 0 Å². The van der Waals surface area contributed by atoms with Gasteiger partial charge >= 0.3 is 6.18 Å². The second-order valence-electron chi connectivity index (χ2n) is 8.63. The maximum absolute atomic E-state index is 13.2. The van der Waals surface area contributed by atoms with Gasteiger partial charge in [0.1, 0.15) is 0 Å². The molecule has 1 fully saturated rings. The molecule has 1 aromatic heterocycles. The van der Waals surface area contributed by atoms with Gasteiger partial charge in [0.2, 0.25) is 0 Å². The Bertz CT molecular complexity index is 915. The fraction of sp³-hybridized carbons (Fsp3) is 0.571. The highest BCUT2D eigenvalue weighted by atomic mass is 35.5. The zero-order valence-corrected chi connectivity index (χ0v) is 17.2. The van der Waals surface area contributed by atoms with Gasteiger partial charge in [0, 0.05) is 30.6 Å². The van der Waals surface area contributed by atoms with Crippen molar-refractivity contribution in [2.75, 3.05) is 13.1 Å². The van der Waals surface area contributed by atoms with Crippen molar-refractivity contribution >= 4 is 22.5 Å². The zero-order chi connectivity index (χ0) is 20.7. The molecule has 0 saturated carbocycles. The SMILES string of the molecule is CC(C)(C)C1CCCCN1CCn1c(=O)cc(Cl)c2ccc(C(F)(F)F)cc21. The summed E-state index contributed by atoms with van der Waals surface area (Å²) in [5, 5.41) is 0.635. The number of rotatable bonds is 3. The number of halogens is 4. The van der Waals surface area contributed by atoms with Gasteiger partial charge in [-0.05, 0) is 36.9 Å². The number of pyridine rings is 1. The summed E-state index contributed by atoms with van der Waals surface area (Å²) in [6, 6.07) is 5.05. The number of fused-ring (bicyclic) bond motifs is 1. The third kappa shape index (κ3) is 4.38. The number of piperidine rings is 1. The normalized spacial score (nSPS) is 19.3. The molecule has 7 heteroatoms.